The van der Waals surface area contributed by atoms with Gasteiger partial charge >= 0.3 is 0 Å². The van der Waals surface area contributed by atoms with Crippen LogP contribution in [0.3, 0.4) is 0 Å². The Bertz CT molecular complexity index is 791. The van der Waals surface area contributed by atoms with Gasteiger partial charge in [0.1, 0.15) is 6.54 Å². The molecule has 0 fully saturated rings. The molecule has 0 spiro atoms. The van der Waals surface area contributed by atoms with E-state index in [-0.39, 0.29) is 23.2 Å². The first kappa shape index (κ1) is 19.9. The van der Waals surface area contributed by atoms with Crippen LogP contribution in [0, 0.1) is 10.1 Å². The summed E-state index contributed by atoms with van der Waals surface area (Å²) in [5.41, 5.74) is 2.71. The second-order valence-corrected chi connectivity index (χ2v) is 7.08. The van der Waals surface area contributed by atoms with Gasteiger partial charge < -0.3 is 10.2 Å². The Morgan fingerprint density at radius 3 is 2.42 bits per heavy atom. The second-order valence-electron chi connectivity index (χ2n) is 6.68. The molecule has 0 saturated heterocycles. The number of nitro groups is 1. The molecule has 138 valence electrons. The van der Waals surface area contributed by atoms with Gasteiger partial charge in [-0.3, -0.25) is 14.9 Å². The van der Waals surface area contributed by atoms with Gasteiger partial charge in [0.2, 0.25) is 0 Å². The zero-order chi connectivity index (χ0) is 19.3. The lowest BCUT2D eigenvalue weighted by molar-refractivity contribution is -0.885. The van der Waals surface area contributed by atoms with Gasteiger partial charge in [-0.1, -0.05) is 49.7 Å². The summed E-state index contributed by atoms with van der Waals surface area (Å²) in [6.45, 7) is 5.29. The molecule has 7 heteroatoms. The van der Waals surface area contributed by atoms with Crippen LogP contribution in [0.4, 0.5) is 11.4 Å². The molecule has 0 bridgehead atoms. The minimum absolute atomic E-state index is 0.111. The summed E-state index contributed by atoms with van der Waals surface area (Å²) in [7, 11) is 1.94. The van der Waals surface area contributed by atoms with Gasteiger partial charge in [-0.15, -0.1) is 0 Å². The fourth-order valence-electron chi connectivity index (χ4n) is 2.62. The highest BCUT2D eigenvalue weighted by Gasteiger charge is 2.15. The van der Waals surface area contributed by atoms with E-state index in [1.54, 1.807) is 0 Å². The van der Waals surface area contributed by atoms with Crippen molar-refractivity contribution >= 4 is 28.9 Å². The minimum Gasteiger partial charge on any atom is -0.326 e. The number of quaternary nitrogens is 1. The molecule has 1 unspecified atom stereocenters. The second kappa shape index (κ2) is 8.78. The molecule has 0 aliphatic heterocycles. The number of benzene rings is 2. The molecule has 0 radical (unpaired) electrons. The van der Waals surface area contributed by atoms with E-state index in [1.807, 2.05) is 7.05 Å². The summed E-state index contributed by atoms with van der Waals surface area (Å²) >= 11 is 6.00. The number of hydrogen-bond donors (Lipinski definition) is 2. The summed E-state index contributed by atoms with van der Waals surface area (Å²) in [6.07, 6.45) is 0. The molecular formula is C19H23ClN3O3+. The maximum absolute atomic E-state index is 12.2. The Morgan fingerprint density at radius 1 is 1.23 bits per heavy atom. The van der Waals surface area contributed by atoms with Crippen molar-refractivity contribution < 1.29 is 14.6 Å². The lowest BCUT2D eigenvalue weighted by Crippen LogP contribution is -3.08. The van der Waals surface area contributed by atoms with E-state index in [4.69, 9.17) is 11.6 Å². The zero-order valence-corrected chi connectivity index (χ0v) is 15.8. The third kappa shape index (κ3) is 5.54. The summed E-state index contributed by atoms with van der Waals surface area (Å²) in [6, 6.07) is 12.4. The smallest absolute Gasteiger partial charge is 0.279 e. The minimum atomic E-state index is -0.528. The third-order valence-electron chi connectivity index (χ3n) is 4.05. The van der Waals surface area contributed by atoms with E-state index in [9.17, 15) is 14.9 Å². The Kier molecular flexibility index (Phi) is 6.71. The van der Waals surface area contributed by atoms with Crippen molar-refractivity contribution in [3.8, 4) is 0 Å². The Morgan fingerprint density at radius 2 is 1.88 bits per heavy atom. The highest BCUT2D eigenvalue weighted by Crippen LogP contribution is 2.26. The number of carbonyl (C=O) groups excluding carboxylic acids is 1. The van der Waals surface area contributed by atoms with Gasteiger partial charge in [0, 0.05) is 17.7 Å². The molecule has 6 nitrogen and oxygen atoms in total. The van der Waals surface area contributed by atoms with Crippen molar-refractivity contribution in [3.63, 3.8) is 0 Å². The number of likely N-dealkylation sites (N-methyl/N-ethyl adjacent to an activating group) is 1. The Hall–Kier alpha value is -2.44. The molecule has 1 atom stereocenters. The number of carbonyl (C=O) groups is 1. The van der Waals surface area contributed by atoms with Gasteiger partial charge in [-0.05, 0) is 17.5 Å². The predicted octanol–water partition coefficient (Wildman–Crippen LogP) is 3.03. The average Bonchev–Trinajstić information content (AvgIpc) is 2.56. The molecule has 2 N–H and O–H groups in total. The molecule has 0 aromatic heterocycles. The van der Waals surface area contributed by atoms with Crippen LogP contribution >= 0.6 is 11.6 Å². The van der Waals surface area contributed by atoms with Crippen LogP contribution in [0.2, 0.25) is 5.02 Å². The van der Waals surface area contributed by atoms with Crippen molar-refractivity contribution in [1.82, 2.24) is 0 Å². The van der Waals surface area contributed by atoms with Gasteiger partial charge in [0.25, 0.3) is 11.6 Å². The van der Waals surface area contributed by atoms with Crippen molar-refractivity contribution in [2.75, 3.05) is 18.9 Å². The van der Waals surface area contributed by atoms with Crippen molar-refractivity contribution in [2.45, 2.75) is 26.3 Å². The van der Waals surface area contributed by atoms with E-state index in [0.717, 1.165) is 17.0 Å². The number of rotatable bonds is 7. The van der Waals surface area contributed by atoms with Crippen molar-refractivity contribution in [2.24, 2.45) is 0 Å². The van der Waals surface area contributed by atoms with Crippen LogP contribution in [0.25, 0.3) is 0 Å². The third-order valence-corrected chi connectivity index (χ3v) is 4.36. The number of nitrogens with one attached hydrogen (secondary N) is 2. The quantitative estimate of drug-likeness (QED) is 0.576. The van der Waals surface area contributed by atoms with Gasteiger partial charge in [-0.2, -0.15) is 0 Å². The molecule has 26 heavy (non-hydrogen) atoms. The maximum atomic E-state index is 12.2. The van der Waals surface area contributed by atoms with E-state index in [1.165, 1.54) is 23.8 Å². The fourth-order valence-corrected chi connectivity index (χ4v) is 2.84. The molecule has 2 rings (SSSR count). The van der Waals surface area contributed by atoms with Gasteiger partial charge in [-0.25, -0.2) is 0 Å². The lowest BCUT2D eigenvalue weighted by atomic mass is 10.0. The van der Waals surface area contributed by atoms with E-state index in [2.05, 4.69) is 43.4 Å². The number of nitrogens with zero attached hydrogens (tertiary/aromatic N) is 1. The van der Waals surface area contributed by atoms with Gasteiger partial charge in [0.05, 0.1) is 22.7 Å². The van der Waals surface area contributed by atoms with Crippen LogP contribution in [0.5, 0.6) is 0 Å². The largest absolute Gasteiger partial charge is 0.326 e. The molecule has 2 aromatic carbocycles. The lowest BCUT2D eigenvalue weighted by Gasteiger charge is -2.15. The first-order valence-electron chi connectivity index (χ1n) is 8.40. The number of hydrogen-bond acceptors (Lipinski definition) is 3. The molecule has 0 saturated carbocycles. The van der Waals surface area contributed by atoms with Crippen molar-refractivity contribution in [3.05, 3.63) is 68.7 Å². The number of non-ortho nitro benzene ring substituents is 1. The topological polar surface area (TPSA) is 76.7 Å². The number of amides is 1. The van der Waals surface area contributed by atoms with E-state index >= 15 is 0 Å². The molecule has 0 aliphatic rings. The standard InChI is InChI=1S/C19H22ClN3O3/c1-13(2)15-6-4-14(5-7-15)11-22(3)12-19(24)21-18-9-8-16(23(25)26)10-17(18)20/h4-10,13H,11-12H2,1-3H3,(H,21,24)/p+1. The van der Waals surface area contributed by atoms with Crippen LogP contribution in [0.1, 0.15) is 30.9 Å². The van der Waals surface area contributed by atoms with Crippen molar-refractivity contribution in [1.29, 1.82) is 0 Å². The summed E-state index contributed by atoms with van der Waals surface area (Å²) in [5.74, 6) is 0.295. The molecule has 1 amide bonds. The highest BCUT2D eigenvalue weighted by molar-refractivity contribution is 6.33. The highest BCUT2D eigenvalue weighted by atomic mass is 35.5. The zero-order valence-electron chi connectivity index (χ0n) is 15.1. The number of anilines is 1. The number of halogens is 1. The molecule has 0 heterocycles. The van der Waals surface area contributed by atoms with Gasteiger partial charge in [0.15, 0.2) is 6.54 Å². The van der Waals surface area contributed by atoms with Crippen LogP contribution in [0.15, 0.2) is 42.5 Å². The normalized spacial score (nSPS) is 12.0. The first-order valence-corrected chi connectivity index (χ1v) is 8.78. The number of nitro benzene ring substituents is 1. The first-order chi connectivity index (χ1) is 12.3. The predicted molar refractivity (Wildman–Crippen MR) is 103 cm³/mol. The Labute approximate surface area is 157 Å². The average molecular weight is 377 g/mol. The van der Waals surface area contributed by atoms with Crippen LogP contribution in [-0.4, -0.2) is 24.4 Å². The maximum Gasteiger partial charge on any atom is 0.279 e. The van der Waals surface area contributed by atoms with Crippen LogP contribution < -0.4 is 10.2 Å². The Balaban J connectivity index is 1.91. The van der Waals surface area contributed by atoms with E-state index in [0.29, 0.717) is 11.6 Å². The molecule has 2 aromatic rings. The van der Waals surface area contributed by atoms with E-state index < -0.39 is 4.92 Å². The summed E-state index contributed by atoms with van der Waals surface area (Å²) < 4.78 is 0. The summed E-state index contributed by atoms with van der Waals surface area (Å²) in [5, 5.41) is 13.6. The van der Waals surface area contributed by atoms with Crippen LogP contribution in [-0.2, 0) is 11.3 Å². The summed E-state index contributed by atoms with van der Waals surface area (Å²) in [4.78, 5) is 23.4. The molecular weight excluding hydrogens is 354 g/mol. The fraction of sp³-hybridized carbons (Fsp3) is 0.316. The molecule has 0 aliphatic carbocycles. The SMILES string of the molecule is CC(C)c1ccc(C[NH+](C)CC(=O)Nc2ccc([N+](=O)[O-])cc2Cl)cc1. The monoisotopic (exact) mass is 376 g/mol.